The molecule has 0 bridgehead atoms. The molecule has 2 N–H and O–H groups in total. The van der Waals surface area contributed by atoms with Crippen molar-refractivity contribution in [1.29, 1.82) is 0 Å². The van der Waals surface area contributed by atoms with E-state index in [2.05, 4.69) is 24.5 Å². The van der Waals surface area contributed by atoms with Crippen molar-refractivity contribution >= 4 is 44.9 Å². The molecule has 192 valence electrons. The van der Waals surface area contributed by atoms with Gasteiger partial charge in [0.15, 0.2) is 14.9 Å². The first-order chi connectivity index (χ1) is 16.7. The molecule has 0 fully saturated rings. The fourth-order valence-electron chi connectivity index (χ4n) is 3.40. The van der Waals surface area contributed by atoms with Crippen molar-refractivity contribution in [1.82, 2.24) is 5.32 Å². The molecule has 0 aliphatic heterocycles. The first kappa shape index (κ1) is 29.1. The van der Waals surface area contributed by atoms with Gasteiger partial charge in [-0.05, 0) is 43.0 Å². The van der Waals surface area contributed by atoms with E-state index in [0.29, 0.717) is 23.2 Å². The number of unbranched alkanes of at least 4 members (excludes halogenated alkanes) is 1. The minimum absolute atomic E-state index is 0.177. The number of halogens is 1. The van der Waals surface area contributed by atoms with E-state index >= 15 is 0 Å². The smallest absolute Gasteiger partial charge is 0.319 e. The molecule has 0 spiro atoms. The molecule has 1 atom stereocenters. The summed E-state index contributed by atoms with van der Waals surface area (Å²) in [6.07, 6.45) is 5.80. The highest BCUT2D eigenvalue weighted by Gasteiger charge is 2.21. The van der Waals surface area contributed by atoms with E-state index in [4.69, 9.17) is 16.3 Å². The van der Waals surface area contributed by atoms with Crippen LogP contribution in [0.4, 0.5) is 10.5 Å². The van der Waals surface area contributed by atoms with Gasteiger partial charge in [0.05, 0.1) is 9.93 Å². The van der Waals surface area contributed by atoms with Gasteiger partial charge in [-0.1, -0.05) is 81.6 Å². The van der Waals surface area contributed by atoms with Gasteiger partial charge in [-0.15, -0.1) is 0 Å². The molecule has 2 aromatic rings. The summed E-state index contributed by atoms with van der Waals surface area (Å²) in [6, 6.07) is 13.9. The van der Waals surface area contributed by atoms with Crippen molar-refractivity contribution in [2.45, 2.75) is 57.8 Å². The molecule has 0 saturated carbocycles. The van der Waals surface area contributed by atoms with Crippen molar-refractivity contribution in [2.75, 3.05) is 18.1 Å². The number of urea groups is 1. The molecule has 0 aliphatic rings. The van der Waals surface area contributed by atoms with Crippen molar-refractivity contribution in [3.63, 3.8) is 0 Å². The fourth-order valence-corrected chi connectivity index (χ4v) is 5.90. The summed E-state index contributed by atoms with van der Waals surface area (Å²) in [7, 11) is -3.51. The summed E-state index contributed by atoms with van der Waals surface area (Å²) >= 11 is 7.59. The minimum Gasteiger partial charge on any atom is -0.447 e. The highest BCUT2D eigenvalue weighted by Crippen LogP contribution is 2.37. The van der Waals surface area contributed by atoms with E-state index in [1.165, 1.54) is 11.8 Å². The standard InChI is InChI=1S/C26H35ClN2O4S2/c1-5-8-12-19(6-2)18-28-26(30)29-20-15-16-22(27)23(17-20)33-25(24(7-3)35(4,31)32)34-21-13-10-9-11-14-21/h9-11,13-17,19H,5-8,12,18H2,1-4H3,(H2,28,29,30)/b25-24+. The summed E-state index contributed by atoms with van der Waals surface area (Å²) in [5.41, 5.74) is 0.491. The largest absolute Gasteiger partial charge is 0.447 e. The van der Waals surface area contributed by atoms with Crippen molar-refractivity contribution < 1.29 is 17.9 Å². The van der Waals surface area contributed by atoms with Crippen LogP contribution in [-0.2, 0) is 9.84 Å². The van der Waals surface area contributed by atoms with Crippen LogP contribution in [-0.4, -0.2) is 27.2 Å². The number of hydrogen-bond acceptors (Lipinski definition) is 5. The highest BCUT2D eigenvalue weighted by molar-refractivity contribution is 8.04. The van der Waals surface area contributed by atoms with Gasteiger partial charge < -0.3 is 15.4 Å². The van der Waals surface area contributed by atoms with Crippen molar-refractivity contribution in [3.8, 4) is 5.75 Å². The maximum absolute atomic E-state index is 12.5. The van der Waals surface area contributed by atoms with Crippen LogP contribution in [0, 0.1) is 5.92 Å². The van der Waals surface area contributed by atoms with E-state index in [1.807, 2.05) is 30.3 Å². The molecule has 6 nitrogen and oxygen atoms in total. The average molecular weight is 539 g/mol. The molecule has 35 heavy (non-hydrogen) atoms. The highest BCUT2D eigenvalue weighted by atomic mass is 35.5. The number of hydrogen-bond donors (Lipinski definition) is 2. The lowest BCUT2D eigenvalue weighted by molar-refractivity contribution is 0.249. The minimum atomic E-state index is -3.51. The zero-order valence-corrected chi connectivity index (χ0v) is 23.2. The maximum atomic E-state index is 12.5. The van der Waals surface area contributed by atoms with Gasteiger partial charge >= 0.3 is 6.03 Å². The summed E-state index contributed by atoms with van der Waals surface area (Å²) in [6.45, 7) is 6.65. The third-order valence-electron chi connectivity index (χ3n) is 5.44. The Hall–Kier alpha value is -2.16. The average Bonchev–Trinajstić information content (AvgIpc) is 2.81. The Balaban J connectivity index is 2.22. The number of rotatable bonds is 13. The Morgan fingerprint density at radius 3 is 2.43 bits per heavy atom. The molecular formula is C26H35ClN2O4S2. The predicted octanol–water partition coefficient (Wildman–Crippen LogP) is 7.47. The number of anilines is 1. The van der Waals surface area contributed by atoms with Crippen molar-refractivity contribution in [2.24, 2.45) is 5.92 Å². The van der Waals surface area contributed by atoms with Crippen LogP contribution in [0.2, 0.25) is 5.02 Å². The number of carbonyl (C=O) groups is 1. The SMILES string of the molecule is CCCCC(CC)CNC(=O)Nc1ccc(Cl)c(O/C(Sc2ccccc2)=C(/CC)S(C)(=O)=O)c1. The van der Waals surface area contributed by atoms with Crippen LogP contribution in [0.3, 0.4) is 0 Å². The third-order valence-corrected chi connectivity index (χ3v) is 8.27. The summed E-state index contributed by atoms with van der Waals surface area (Å²) in [5.74, 6) is 0.697. The maximum Gasteiger partial charge on any atom is 0.319 e. The van der Waals surface area contributed by atoms with Gasteiger partial charge in [-0.3, -0.25) is 0 Å². The molecule has 2 amide bonds. The second-order valence-electron chi connectivity index (χ2n) is 8.25. The quantitative estimate of drug-likeness (QED) is 0.204. The molecule has 0 saturated heterocycles. The van der Waals surface area contributed by atoms with Crippen LogP contribution in [0.1, 0.15) is 52.9 Å². The molecule has 2 aromatic carbocycles. The van der Waals surface area contributed by atoms with Gasteiger partial charge in [0, 0.05) is 29.4 Å². The van der Waals surface area contributed by atoms with E-state index in [0.717, 1.165) is 36.8 Å². The zero-order valence-electron chi connectivity index (χ0n) is 20.8. The molecule has 0 heterocycles. The number of benzene rings is 2. The lowest BCUT2D eigenvalue weighted by atomic mass is 9.99. The van der Waals surface area contributed by atoms with Gasteiger partial charge in [0.25, 0.3) is 0 Å². The van der Waals surface area contributed by atoms with Crippen LogP contribution >= 0.6 is 23.4 Å². The Bertz CT molecular complexity index is 1110. The Labute approximate surface area is 218 Å². The molecular weight excluding hydrogens is 504 g/mol. The second kappa shape index (κ2) is 14.4. The van der Waals surface area contributed by atoms with Crippen molar-refractivity contribution in [3.05, 3.63) is 63.5 Å². The second-order valence-corrected chi connectivity index (χ2v) is 11.7. The Morgan fingerprint density at radius 2 is 1.83 bits per heavy atom. The molecule has 0 aromatic heterocycles. The van der Waals surface area contributed by atoms with Gasteiger partial charge in [-0.2, -0.15) is 0 Å². The molecule has 0 radical (unpaired) electrons. The first-order valence-electron chi connectivity index (χ1n) is 11.9. The van der Waals surface area contributed by atoms with E-state index in [9.17, 15) is 13.2 Å². The number of allylic oxidation sites excluding steroid dienone is 1. The zero-order chi connectivity index (χ0) is 25.8. The predicted molar refractivity (Wildman–Crippen MR) is 147 cm³/mol. The van der Waals surface area contributed by atoms with E-state index in [-0.39, 0.29) is 28.2 Å². The number of nitrogens with one attached hydrogen (secondary N) is 2. The molecule has 0 aliphatic carbocycles. The lowest BCUT2D eigenvalue weighted by Crippen LogP contribution is -2.33. The third kappa shape index (κ3) is 9.78. The van der Waals surface area contributed by atoms with Gasteiger partial charge in [0.1, 0.15) is 5.75 Å². The van der Waals surface area contributed by atoms with Crippen LogP contribution < -0.4 is 15.4 Å². The number of sulfone groups is 1. The molecule has 2 rings (SSSR count). The van der Waals surface area contributed by atoms with Crippen LogP contribution in [0.5, 0.6) is 5.75 Å². The number of amides is 2. The monoisotopic (exact) mass is 538 g/mol. The van der Waals surface area contributed by atoms with Gasteiger partial charge in [-0.25, -0.2) is 13.2 Å². The lowest BCUT2D eigenvalue weighted by Gasteiger charge is -2.17. The van der Waals surface area contributed by atoms with Gasteiger partial charge in [0.2, 0.25) is 0 Å². The molecule has 9 heteroatoms. The summed E-state index contributed by atoms with van der Waals surface area (Å²) in [4.78, 5) is 13.5. The van der Waals surface area contributed by atoms with E-state index in [1.54, 1.807) is 25.1 Å². The molecule has 1 unspecified atom stereocenters. The van der Waals surface area contributed by atoms with Crippen LogP contribution in [0.15, 0.2) is 63.4 Å². The summed E-state index contributed by atoms with van der Waals surface area (Å²) < 4.78 is 31.0. The topological polar surface area (TPSA) is 84.5 Å². The fraction of sp³-hybridized carbons (Fsp3) is 0.423. The Morgan fingerprint density at radius 1 is 1.11 bits per heavy atom. The number of carbonyl (C=O) groups excluding carboxylic acids is 1. The normalized spacial score (nSPS) is 13.1. The first-order valence-corrected chi connectivity index (χ1v) is 14.9. The number of ether oxygens (including phenoxy) is 1. The Kier molecular flexibility index (Phi) is 12.0. The number of thioether (sulfide) groups is 1. The summed E-state index contributed by atoms with van der Waals surface area (Å²) in [5, 5.41) is 6.27. The van der Waals surface area contributed by atoms with E-state index < -0.39 is 9.84 Å². The van der Waals surface area contributed by atoms with Crippen LogP contribution in [0.25, 0.3) is 0 Å².